The number of hydrogen-bond acceptors (Lipinski definition) is 3. The molecule has 1 aliphatic rings. The summed E-state index contributed by atoms with van der Waals surface area (Å²) in [4.78, 5) is 6.78. The molecule has 1 heterocycles. The Morgan fingerprint density at radius 2 is 2.00 bits per heavy atom. The number of likely N-dealkylation sites (tertiary alicyclic amines) is 1. The zero-order chi connectivity index (χ0) is 16.9. The van der Waals surface area contributed by atoms with Gasteiger partial charge < -0.3 is 10.6 Å². The van der Waals surface area contributed by atoms with E-state index in [0.29, 0.717) is 30.3 Å². The first-order valence-corrected chi connectivity index (χ1v) is 9.56. The highest BCUT2D eigenvalue weighted by atomic mass is 32.2. The second-order valence-corrected chi connectivity index (χ2v) is 9.76. The van der Waals surface area contributed by atoms with Crippen LogP contribution < -0.4 is 10.6 Å². The molecule has 6 heteroatoms. The molecule has 1 fully saturated rings. The van der Waals surface area contributed by atoms with Crippen LogP contribution in [0.25, 0.3) is 0 Å². The molecule has 130 valence electrons. The van der Waals surface area contributed by atoms with Crippen LogP contribution in [-0.2, 0) is 10.8 Å². The highest BCUT2D eigenvalue weighted by molar-refractivity contribution is 7.86. The minimum atomic E-state index is -0.832. The van der Waals surface area contributed by atoms with Crippen LogP contribution in [-0.4, -0.2) is 64.3 Å². The maximum atomic E-state index is 12.1. The molecule has 0 spiro atoms. The maximum absolute atomic E-state index is 12.1. The fourth-order valence-electron chi connectivity index (χ4n) is 2.55. The lowest BCUT2D eigenvalue weighted by Gasteiger charge is -2.22. The van der Waals surface area contributed by atoms with Crippen molar-refractivity contribution in [2.45, 2.75) is 58.4 Å². The van der Waals surface area contributed by atoms with Crippen LogP contribution >= 0.6 is 0 Å². The molecule has 1 aliphatic heterocycles. The molecule has 5 nitrogen and oxygen atoms in total. The first-order valence-electron chi connectivity index (χ1n) is 8.25. The van der Waals surface area contributed by atoms with Crippen LogP contribution in [0.15, 0.2) is 4.99 Å². The highest BCUT2D eigenvalue weighted by Crippen LogP contribution is 2.18. The van der Waals surface area contributed by atoms with Gasteiger partial charge in [0.1, 0.15) is 0 Å². The van der Waals surface area contributed by atoms with Gasteiger partial charge in [-0.25, -0.2) is 0 Å². The van der Waals surface area contributed by atoms with Gasteiger partial charge in [0.05, 0.1) is 0 Å². The summed E-state index contributed by atoms with van der Waals surface area (Å²) in [6.45, 7) is 15.6. The Bertz CT molecular complexity index is 403. The Balaban J connectivity index is 2.42. The molecule has 0 bridgehead atoms. The average molecular weight is 331 g/mol. The van der Waals surface area contributed by atoms with Crippen molar-refractivity contribution in [1.82, 2.24) is 15.5 Å². The Morgan fingerprint density at radius 3 is 2.45 bits per heavy atom. The standard InChI is InChI=1S/C16H34N4OS/c1-12(2)20-10-13(3)14(11-20)19-15(17-7)18-8-9-22(21)16(4,5)6/h12-14H,8-11H2,1-7H3,(H2,17,18,19). The summed E-state index contributed by atoms with van der Waals surface area (Å²) >= 11 is 0. The predicted molar refractivity (Wildman–Crippen MR) is 96.9 cm³/mol. The fourth-order valence-corrected chi connectivity index (χ4v) is 3.45. The second kappa shape index (κ2) is 8.29. The third-order valence-corrected chi connectivity index (χ3v) is 6.12. The van der Waals surface area contributed by atoms with Crippen molar-refractivity contribution in [3.63, 3.8) is 0 Å². The van der Waals surface area contributed by atoms with Gasteiger partial charge in [0.15, 0.2) is 5.96 Å². The molecule has 0 aromatic heterocycles. The van der Waals surface area contributed by atoms with Gasteiger partial charge in [0, 0.05) is 60.1 Å². The Labute approximate surface area is 138 Å². The third-order valence-electron chi connectivity index (χ3n) is 4.18. The molecule has 22 heavy (non-hydrogen) atoms. The molecular formula is C16H34N4OS. The number of nitrogens with one attached hydrogen (secondary N) is 2. The fraction of sp³-hybridized carbons (Fsp3) is 0.938. The molecule has 0 saturated carbocycles. The molecule has 0 aliphatic carbocycles. The van der Waals surface area contributed by atoms with E-state index in [1.165, 1.54) is 0 Å². The predicted octanol–water partition coefficient (Wildman–Crippen LogP) is 1.43. The SMILES string of the molecule is CN=C(NCCS(=O)C(C)(C)C)NC1CN(C(C)C)CC1C. The molecular weight excluding hydrogens is 296 g/mol. The van der Waals surface area contributed by atoms with Gasteiger partial charge >= 0.3 is 0 Å². The van der Waals surface area contributed by atoms with E-state index in [0.717, 1.165) is 19.0 Å². The van der Waals surface area contributed by atoms with E-state index in [1.807, 2.05) is 20.8 Å². The van der Waals surface area contributed by atoms with Gasteiger partial charge in [-0.15, -0.1) is 0 Å². The topological polar surface area (TPSA) is 56.7 Å². The lowest BCUT2D eigenvalue weighted by molar-refractivity contribution is 0.265. The molecule has 1 rings (SSSR count). The van der Waals surface area contributed by atoms with E-state index in [9.17, 15) is 4.21 Å². The smallest absolute Gasteiger partial charge is 0.191 e. The molecule has 0 aromatic rings. The molecule has 1 saturated heterocycles. The molecule has 0 radical (unpaired) electrons. The quantitative estimate of drug-likeness (QED) is 0.591. The summed E-state index contributed by atoms with van der Waals surface area (Å²) in [5.74, 6) is 2.06. The first-order chi connectivity index (χ1) is 10.1. The molecule has 2 N–H and O–H groups in total. The zero-order valence-corrected chi connectivity index (χ0v) is 16.1. The van der Waals surface area contributed by atoms with Crippen molar-refractivity contribution >= 4 is 16.8 Å². The summed E-state index contributed by atoms with van der Waals surface area (Å²) in [6, 6.07) is 1.00. The van der Waals surface area contributed by atoms with E-state index in [4.69, 9.17) is 0 Å². The largest absolute Gasteiger partial charge is 0.355 e. The Morgan fingerprint density at radius 1 is 1.36 bits per heavy atom. The summed E-state index contributed by atoms with van der Waals surface area (Å²) < 4.78 is 11.9. The van der Waals surface area contributed by atoms with Crippen molar-refractivity contribution in [3.05, 3.63) is 0 Å². The van der Waals surface area contributed by atoms with Crippen LogP contribution in [0.3, 0.4) is 0 Å². The van der Waals surface area contributed by atoms with Gasteiger partial charge in [-0.2, -0.15) is 0 Å². The zero-order valence-electron chi connectivity index (χ0n) is 15.3. The summed E-state index contributed by atoms with van der Waals surface area (Å²) in [7, 11) is 0.956. The third kappa shape index (κ3) is 5.88. The van der Waals surface area contributed by atoms with Crippen LogP contribution in [0, 0.1) is 5.92 Å². The minimum absolute atomic E-state index is 0.156. The molecule has 0 amide bonds. The summed E-state index contributed by atoms with van der Waals surface area (Å²) in [5.41, 5.74) is 0. The van der Waals surface area contributed by atoms with Gasteiger partial charge in [-0.1, -0.05) is 6.92 Å². The van der Waals surface area contributed by atoms with Gasteiger partial charge in [0.2, 0.25) is 0 Å². The maximum Gasteiger partial charge on any atom is 0.191 e. The van der Waals surface area contributed by atoms with Gasteiger partial charge in [-0.3, -0.25) is 14.1 Å². The number of rotatable bonds is 5. The number of aliphatic imine (C=N–C) groups is 1. The Kier molecular flexibility index (Phi) is 7.32. The lowest BCUT2D eigenvalue weighted by atomic mass is 10.1. The minimum Gasteiger partial charge on any atom is -0.355 e. The molecule has 0 aromatic carbocycles. The van der Waals surface area contributed by atoms with Crippen molar-refractivity contribution in [1.29, 1.82) is 0 Å². The van der Waals surface area contributed by atoms with Gasteiger partial charge in [-0.05, 0) is 40.5 Å². The average Bonchev–Trinajstić information content (AvgIpc) is 2.78. The first kappa shape index (κ1) is 19.4. The van der Waals surface area contributed by atoms with Crippen molar-refractivity contribution in [3.8, 4) is 0 Å². The summed E-state index contributed by atoms with van der Waals surface area (Å²) in [6.07, 6.45) is 0. The number of guanidine groups is 1. The highest BCUT2D eigenvalue weighted by Gasteiger charge is 2.31. The van der Waals surface area contributed by atoms with E-state index in [-0.39, 0.29) is 4.75 Å². The van der Waals surface area contributed by atoms with Crippen LogP contribution in [0.1, 0.15) is 41.5 Å². The second-order valence-electron chi connectivity index (χ2n) is 7.44. The van der Waals surface area contributed by atoms with Crippen LogP contribution in [0.2, 0.25) is 0 Å². The molecule has 3 unspecified atom stereocenters. The van der Waals surface area contributed by atoms with Crippen molar-refractivity contribution in [2.24, 2.45) is 10.9 Å². The van der Waals surface area contributed by atoms with Gasteiger partial charge in [0.25, 0.3) is 0 Å². The van der Waals surface area contributed by atoms with Crippen molar-refractivity contribution in [2.75, 3.05) is 32.4 Å². The van der Waals surface area contributed by atoms with Crippen LogP contribution in [0.5, 0.6) is 0 Å². The van der Waals surface area contributed by atoms with E-state index in [2.05, 4.69) is 41.3 Å². The van der Waals surface area contributed by atoms with Crippen LogP contribution in [0.4, 0.5) is 0 Å². The van der Waals surface area contributed by atoms with Crippen molar-refractivity contribution < 1.29 is 4.21 Å². The normalized spacial score (nSPS) is 25.5. The monoisotopic (exact) mass is 330 g/mol. The number of hydrogen-bond donors (Lipinski definition) is 2. The molecule has 3 atom stereocenters. The Hall–Kier alpha value is -0.620. The van der Waals surface area contributed by atoms with E-state index < -0.39 is 10.8 Å². The lowest BCUT2D eigenvalue weighted by Crippen LogP contribution is -2.47. The number of nitrogens with zero attached hydrogens (tertiary/aromatic N) is 2. The van der Waals surface area contributed by atoms with E-state index in [1.54, 1.807) is 7.05 Å². The van der Waals surface area contributed by atoms with E-state index >= 15 is 0 Å². The summed E-state index contributed by atoms with van der Waals surface area (Å²) in [5, 5.41) is 6.80.